The third-order valence-corrected chi connectivity index (χ3v) is 3.84. The number of hydrogen-bond donors (Lipinski definition) is 1. The summed E-state index contributed by atoms with van der Waals surface area (Å²) in [4.78, 5) is 0. The summed E-state index contributed by atoms with van der Waals surface area (Å²) in [6.45, 7) is 7.97. The predicted molar refractivity (Wildman–Crippen MR) is 61.3 cm³/mol. The van der Waals surface area contributed by atoms with Crippen LogP contribution in [0.5, 0.6) is 0 Å². The fourth-order valence-corrected chi connectivity index (χ4v) is 2.04. The molecule has 0 aromatic rings. The average Bonchev–Trinajstić information content (AvgIpc) is 2.10. The van der Waals surface area contributed by atoms with E-state index in [9.17, 15) is 8.42 Å². The largest absolute Gasteiger partial charge is 0.316 e. The Labute approximate surface area is 88.2 Å². The zero-order chi connectivity index (χ0) is 11.0. The summed E-state index contributed by atoms with van der Waals surface area (Å²) in [5, 5.41) is 3.29. The van der Waals surface area contributed by atoms with Gasteiger partial charge in [-0.1, -0.05) is 20.8 Å². The van der Waals surface area contributed by atoms with Crippen LogP contribution >= 0.6 is 0 Å². The van der Waals surface area contributed by atoms with Crippen LogP contribution in [0.3, 0.4) is 0 Å². The Kier molecular flexibility index (Phi) is 7.19. The molecule has 0 fully saturated rings. The summed E-state index contributed by atoms with van der Waals surface area (Å²) in [5.41, 5.74) is 0. The van der Waals surface area contributed by atoms with Crippen molar-refractivity contribution in [2.75, 3.05) is 24.6 Å². The fraction of sp³-hybridized carbons (Fsp3) is 1.00. The summed E-state index contributed by atoms with van der Waals surface area (Å²) in [6.07, 6.45) is 1.73. The molecule has 0 atom stereocenters. The first-order chi connectivity index (χ1) is 6.48. The van der Waals surface area contributed by atoms with Crippen LogP contribution in [0.2, 0.25) is 0 Å². The Morgan fingerprint density at radius 3 is 2.36 bits per heavy atom. The van der Waals surface area contributed by atoms with Crippen molar-refractivity contribution >= 4 is 9.84 Å². The Balaban J connectivity index is 3.31. The van der Waals surface area contributed by atoms with Crippen molar-refractivity contribution in [1.82, 2.24) is 5.32 Å². The Hall–Kier alpha value is -0.0900. The number of sulfone groups is 1. The molecular formula is C10H23NO2S. The molecule has 0 spiro atoms. The molecule has 3 nitrogen and oxygen atoms in total. The summed E-state index contributed by atoms with van der Waals surface area (Å²) >= 11 is 0. The first-order valence-electron chi connectivity index (χ1n) is 5.39. The van der Waals surface area contributed by atoms with E-state index in [-0.39, 0.29) is 5.75 Å². The minimum atomic E-state index is -2.75. The molecular weight excluding hydrogens is 198 g/mol. The standard InChI is InChI=1S/C10H23NO2S/c1-4-14(12,13)8-6-5-7-11-9-10(2)3/h10-11H,4-9H2,1-3H3. The van der Waals surface area contributed by atoms with E-state index in [4.69, 9.17) is 0 Å². The summed E-state index contributed by atoms with van der Waals surface area (Å²) < 4.78 is 22.2. The average molecular weight is 221 g/mol. The van der Waals surface area contributed by atoms with Crippen LogP contribution in [-0.2, 0) is 9.84 Å². The highest BCUT2D eigenvalue weighted by Gasteiger charge is 2.05. The highest BCUT2D eigenvalue weighted by molar-refractivity contribution is 7.91. The minimum absolute atomic E-state index is 0.270. The SMILES string of the molecule is CCS(=O)(=O)CCCCNCC(C)C. The molecule has 86 valence electrons. The molecule has 14 heavy (non-hydrogen) atoms. The Morgan fingerprint density at radius 2 is 1.86 bits per heavy atom. The van der Waals surface area contributed by atoms with Crippen molar-refractivity contribution in [1.29, 1.82) is 0 Å². The molecule has 0 aromatic heterocycles. The van der Waals surface area contributed by atoms with Crippen LogP contribution in [0.15, 0.2) is 0 Å². The Bertz CT molecular complexity index is 222. The van der Waals surface area contributed by atoms with Gasteiger partial charge in [0.2, 0.25) is 0 Å². The van der Waals surface area contributed by atoms with Crippen LogP contribution in [0.25, 0.3) is 0 Å². The Morgan fingerprint density at radius 1 is 1.21 bits per heavy atom. The van der Waals surface area contributed by atoms with E-state index in [0.29, 0.717) is 11.7 Å². The molecule has 0 aliphatic rings. The third-order valence-electron chi connectivity index (χ3n) is 2.05. The van der Waals surface area contributed by atoms with Crippen molar-refractivity contribution in [3.8, 4) is 0 Å². The van der Waals surface area contributed by atoms with E-state index < -0.39 is 9.84 Å². The summed E-state index contributed by atoms with van der Waals surface area (Å²) in [7, 11) is -2.75. The number of nitrogens with one attached hydrogen (secondary N) is 1. The van der Waals surface area contributed by atoms with Gasteiger partial charge in [0.1, 0.15) is 9.84 Å². The zero-order valence-corrected chi connectivity index (χ0v) is 10.4. The van der Waals surface area contributed by atoms with E-state index in [1.165, 1.54) is 0 Å². The fourth-order valence-electron chi connectivity index (χ4n) is 1.11. The molecule has 0 radical (unpaired) electrons. The molecule has 0 saturated carbocycles. The van der Waals surface area contributed by atoms with Crippen molar-refractivity contribution in [3.63, 3.8) is 0 Å². The van der Waals surface area contributed by atoms with Gasteiger partial charge in [-0.05, 0) is 31.8 Å². The van der Waals surface area contributed by atoms with Crippen LogP contribution < -0.4 is 5.32 Å². The maximum absolute atomic E-state index is 11.1. The molecule has 4 heteroatoms. The molecule has 0 saturated heterocycles. The summed E-state index contributed by atoms with van der Waals surface area (Å²) in [5.74, 6) is 1.27. The lowest BCUT2D eigenvalue weighted by Crippen LogP contribution is -2.21. The lowest BCUT2D eigenvalue weighted by atomic mass is 10.2. The summed E-state index contributed by atoms with van der Waals surface area (Å²) in [6, 6.07) is 0. The van der Waals surface area contributed by atoms with Crippen LogP contribution in [0.1, 0.15) is 33.6 Å². The number of hydrogen-bond acceptors (Lipinski definition) is 3. The van der Waals surface area contributed by atoms with Crippen molar-refractivity contribution in [3.05, 3.63) is 0 Å². The second kappa shape index (κ2) is 7.23. The lowest BCUT2D eigenvalue weighted by molar-refractivity contribution is 0.538. The second-order valence-corrected chi connectivity index (χ2v) is 6.51. The van der Waals surface area contributed by atoms with Gasteiger partial charge >= 0.3 is 0 Å². The molecule has 0 aromatic carbocycles. The van der Waals surface area contributed by atoms with E-state index >= 15 is 0 Å². The minimum Gasteiger partial charge on any atom is -0.316 e. The van der Waals surface area contributed by atoms with Gasteiger partial charge in [-0.2, -0.15) is 0 Å². The van der Waals surface area contributed by atoms with Crippen LogP contribution in [0.4, 0.5) is 0 Å². The van der Waals surface area contributed by atoms with Gasteiger partial charge in [-0.25, -0.2) is 8.42 Å². The predicted octanol–water partition coefficient (Wildman–Crippen LogP) is 1.45. The van der Waals surface area contributed by atoms with E-state index in [2.05, 4.69) is 19.2 Å². The maximum Gasteiger partial charge on any atom is 0.150 e. The maximum atomic E-state index is 11.1. The molecule has 1 N–H and O–H groups in total. The number of rotatable bonds is 8. The highest BCUT2D eigenvalue weighted by Crippen LogP contribution is 1.96. The first kappa shape index (κ1) is 13.9. The van der Waals surface area contributed by atoms with Gasteiger partial charge in [0.25, 0.3) is 0 Å². The molecule has 0 aliphatic heterocycles. The molecule has 0 rings (SSSR count). The molecule has 0 aliphatic carbocycles. The van der Waals surface area contributed by atoms with Gasteiger partial charge < -0.3 is 5.32 Å². The van der Waals surface area contributed by atoms with Gasteiger partial charge in [0.05, 0.1) is 5.75 Å². The molecule has 0 heterocycles. The molecule has 0 unspecified atom stereocenters. The topological polar surface area (TPSA) is 46.2 Å². The van der Waals surface area contributed by atoms with Crippen molar-refractivity contribution in [2.24, 2.45) is 5.92 Å². The quantitative estimate of drug-likeness (QED) is 0.631. The zero-order valence-electron chi connectivity index (χ0n) is 9.54. The van der Waals surface area contributed by atoms with Crippen LogP contribution in [-0.4, -0.2) is 33.0 Å². The van der Waals surface area contributed by atoms with Gasteiger partial charge in [-0.3, -0.25) is 0 Å². The lowest BCUT2D eigenvalue weighted by Gasteiger charge is -2.06. The smallest absolute Gasteiger partial charge is 0.150 e. The highest BCUT2D eigenvalue weighted by atomic mass is 32.2. The van der Waals surface area contributed by atoms with E-state index in [1.807, 2.05) is 0 Å². The molecule has 0 bridgehead atoms. The normalized spacial score (nSPS) is 12.3. The van der Waals surface area contributed by atoms with Gasteiger partial charge in [0.15, 0.2) is 0 Å². The second-order valence-electron chi connectivity index (χ2n) is 4.04. The van der Waals surface area contributed by atoms with E-state index in [0.717, 1.165) is 25.9 Å². The first-order valence-corrected chi connectivity index (χ1v) is 7.21. The van der Waals surface area contributed by atoms with E-state index in [1.54, 1.807) is 6.92 Å². The molecule has 0 amide bonds. The van der Waals surface area contributed by atoms with Crippen molar-refractivity contribution in [2.45, 2.75) is 33.6 Å². The van der Waals surface area contributed by atoms with Gasteiger partial charge in [0, 0.05) is 5.75 Å². The third kappa shape index (κ3) is 8.51. The van der Waals surface area contributed by atoms with Gasteiger partial charge in [-0.15, -0.1) is 0 Å². The monoisotopic (exact) mass is 221 g/mol. The number of unbranched alkanes of at least 4 members (excludes halogenated alkanes) is 1. The van der Waals surface area contributed by atoms with Crippen molar-refractivity contribution < 1.29 is 8.42 Å². The van der Waals surface area contributed by atoms with Crippen LogP contribution in [0, 0.1) is 5.92 Å².